The summed E-state index contributed by atoms with van der Waals surface area (Å²) >= 11 is 7.25. The Morgan fingerprint density at radius 1 is 1.11 bits per heavy atom. The van der Waals surface area contributed by atoms with Crippen LogP contribution in [0.15, 0.2) is 47.4 Å². The first-order valence-electron chi connectivity index (χ1n) is 8.25. The van der Waals surface area contributed by atoms with E-state index < -0.39 is 11.8 Å². The van der Waals surface area contributed by atoms with E-state index in [1.807, 2.05) is 6.92 Å². The molecule has 5 nitrogen and oxygen atoms in total. The number of ether oxygens (including phenoxy) is 1. The van der Waals surface area contributed by atoms with Gasteiger partial charge in [0, 0.05) is 10.8 Å². The standard InChI is InChI=1S/C20H18ClNO4S/c1-12-3-6-14(21)11-16(12)22-19(24)17(18(20(22)25)27-10-9-23)13-4-7-15(26-2)8-5-13/h3-8,11,23H,9-10H2,1-2H3. The number of hydrogen-bond donors (Lipinski definition) is 1. The summed E-state index contributed by atoms with van der Waals surface area (Å²) in [6.45, 7) is 1.72. The minimum Gasteiger partial charge on any atom is -0.497 e. The number of methoxy groups -OCH3 is 1. The minimum atomic E-state index is -0.408. The molecule has 1 aliphatic heterocycles. The molecule has 0 aromatic heterocycles. The molecule has 2 amide bonds. The maximum absolute atomic E-state index is 13.2. The third-order valence-corrected chi connectivity index (χ3v) is 5.46. The van der Waals surface area contributed by atoms with Crippen LogP contribution in [0.4, 0.5) is 5.69 Å². The summed E-state index contributed by atoms with van der Waals surface area (Å²) in [7, 11) is 1.56. The van der Waals surface area contributed by atoms with Crippen LogP contribution in [-0.2, 0) is 9.59 Å². The van der Waals surface area contributed by atoms with Crippen molar-refractivity contribution in [3.63, 3.8) is 0 Å². The van der Waals surface area contributed by atoms with E-state index in [9.17, 15) is 14.7 Å². The fourth-order valence-electron chi connectivity index (χ4n) is 2.85. The molecular weight excluding hydrogens is 386 g/mol. The van der Waals surface area contributed by atoms with Crippen molar-refractivity contribution in [1.82, 2.24) is 0 Å². The highest BCUT2D eigenvalue weighted by Gasteiger charge is 2.40. The predicted molar refractivity (Wildman–Crippen MR) is 108 cm³/mol. The van der Waals surface area contributed by atoms with Crippen molar-refractivity contribution in [1.29, 1.82) is 0 Å². The van der Waals surface area contributed by atoms with Gasteiger partial charge in [-0.1, -0.05) is 29.8 Å². The number of imide groups is 1. The SMILES string of the molecule is COc1ccc(C2=C(SCCO)C(=O)N(c3cc(Cl)ccc3C)C2=O)cc1. The summed E-state index contributed by atoms with van der Waals surface area (Å²) in [4.78, 5) is 27.7. The number of hydrogen-bond acceptors (Lipinski definition) is 5. The lowest BCUT2D eigenvalue weighted by Crippen LogP contribution is -2.32. The highest BCUT2D eigenvalue weighted by atomic mass is 35.5. The average Bonchev–Trinajstić information content (AvgIpc) is 2.92. The molecule has 27 heavy (non-hydrogen) atoms. The molecule has 0 spiro atoms. The second kappa shape index (κ2) is 8.17. The van der Waals surface area contributed by atoms with Crippen molar-refractivity contribution in [3.05, 3.63) is 63.5 Å². The highest BCUT2D eigenvalue weighted by molar-refractivity contribution is 8.04. The van der Waals surface area contributed by atoms with E-state index in [1.54, 1.807) is 49.6 Å². The smallest absolute Gasteiger partial charge is 0.272 e. The van der Waals surface area contributed by atoms with Gasteiger partial charge in [0.15, 0.2) is 0 Å². The molecule has 140 valence electrons. The van der Waals surface area contributed by atoms with Gasteiger partial charge in [-0.25, -0.2) is 4.90 Å². The van der Waals surface area contributed by atoms with Gasteiger partial charge in [-0.2, -0.15) is 0 Å². The lowest BCUT2D eigenvalue weighted by molar-refractivity contribution is -0.119. The molecule has 1 aliphatic rings. The number of halogens is 1. The van der Waals surface area contributed by atoms with Crippen LogP contribution in [0, 0.1) is 6.92 Å². The quantitative estimate of drug-likeness (QED) is 0.745. The van der Waals surface area contributed by atoms with E-state index in [1.165, 1.54) is 11.8 Å². The van der Waals surface area contributed by atoms with Crippen molar-refractivity contribution < 1.29 is 19.4 Å². The maximum Gasteiger partial charge on any atom is 0.272 e. The van der Waals surface area contributed by atoms with Crippen molar-refractivity contribution in [2.24, 2.45) is 0 Å². The molecular formula is C20H18ClNO4S. The van der Waals surface area contributed by atoms with E-state index in [0.717, 1.165) is 10.5 Å². The average molecular weight is 404 g/mol. The molecule has 2 aromatic carbocycles. The first-order chi connectivity index (χ1) is 13.0. The first kappa shape index (κ1) is 19.5. The fraction of sp³-hybridized carbons (Fsp3) is 0.200. The van der Waals surface area contributed by atoms with Gasteiger partial charge in [0.1, 0.15) is 5.75 Å². The zero-order valence-electron chi connectivity index (χ0n) is 14.9. The van der Waals surface area contributed by atoms with Gasteiger partial charge in [0.05, 0.1) is 29.9 Å². The third kappa shape index (κ3) is 3.74. The van der Waals surface area contributed by atoms with Crippen molar-refractivity contribution in [2.75, 3.05) is 24.4 Å². The Morgan fingerprint density at radius 2 is 1.81 bits per heavy atom. The Bertz CT molecular complexity index is 924. The molecule has 0 fully saturated rings. The number of benzene rings is 2. The van der Waals surface area contributed by atoms with E-state index in [4.69, 9.17) is 16.3 Å². The molecule has 3 rings (SSSR count). The Hall–Kier alpha value is -2.28. The largest absolute Gasteiger partial charge is 0.497 e. The molecule has 0 unspecified atom stereocenters. The minimum absolute atomic E-state index is 0.0955. The van der Waals surface area contributed by atoms with Crippen molar-refractivity contribution in [2.45, 2.75) is 6.92 Å². The fourth-order valence-corrected chi connectivity index (χ4v) is 3.87. The number of rotatable bonds is 6. The summed E-state index contributed by atoms with van der Waals surface area (Å²) in [5, 5.41) is 9.62. The second-order valence-electron chi connectivity index (χ2n) is 5.88. The Labute approximate surface area is 166 Å². The lowest BCUT2D eigenvalue weighted by Gasteiger charge is -2.18. The van der Waals surface area contributed by atoms with Gasteiger partial charge < -0.3 is 9.84 Å². The second-order valence-corrected chi connectivity index (χ2v) is 7.42. The Balaban J connectivity index is 2.09. The molecule has 0 bridgehead atoms. The van der Waals surface area contributed by atoms with E-state index in [2.05, 4.69) is 0 Å². The summed E-state index contributed by atoms with van der Waals surface area (Å²) in [5.41, 5.74) is 2.17. The zero-order chi connectivity index (χ0) is 19.6. The molecule has 0 saturated heterocycles. The number of anilines is 1. The Kier molecular flexibility index (Phi) is 5.89. The summed E-state index contributed by atoms with van der Waals surface area (Å²) in [6, 6.07) is 12.1. The number of nitrogens with zero attached hydrogens (tertiary/aromatic N) is 1. The van der Waals surface area contributed by atoms with Crippen LogP contribution in [0.5, 0.6) is 5.75 Å². The number of aryl methyl sites for hydroxylation is 1. The van der Waals surface area contributed by atoms with Crippen LogP contribution >= 0.6 is 23.4 Å². The molecule has 0 aliphatic carbocycles. The lowest BCUT2D eigenvalue weighted by atomic mass is 10.1. The Morgan fingerprint density at radius 3 is 2.44 bits per heavy atom. The summed E-state index contributed by atoms with van der Waals surface area (Å²) < 4.78 is 5.16. The molecule has 0 saturated carbocycles. The van der Waals surface area contributed by atoms with E-state index in [-0.39, 0.29) is 6.61 Å². The molecule has 1 N–H and O–H groups in total. The number of carbonyl (C=O) groups is 2. The van der Waals surface area contributed by atoms with Crippen molar-refractivity contribution in [3.8, 4) is 5.75 Å². The number of carbonyl (C=O) groups excluding carboxylic acids is 2. The van der Waals surface area contributed by atoms with Crippen LogP contribution in [0.3, 0.4) is 0 Å². The van der Waals surface area contributed by atoms with Crippen LogP contribution in [0.25, 0.3) is 5.57 Å². The molecule has 2 aromatic rings. The first-order valence-corrected chi connectivity index (χ1v) is 9.61. The predicted octanol–water partition coefficient (Wildman–Crippen LogP) is 3.67. The van der Waals surface area contributed by atoms with E-state index >= 15 is 0 Å². The van der Waals surface area contributed by atoms with Gasteiger partial charge >= 0.3 is 0 Å². The van der Waals surface area contributed by atoms with Crippen molar-refractivity contribution >= 4 is 46.4 Å². The molecule has 1 heterocycles. The van der Waals surface area contributed by atoms with E-state index in [0.29, 0.717) is 38.3 Å². The van der Waals surface area contributed by atoms with Gasteiger partial charge in [-0.3, -0.25) is 9.59 Å². The van der Waals surface area contributed by atoms with Gasteiger partial charge in [0.25, 0.3) is 11.8 Å². The van der Waals surface area contributed by atoms with Crippen LogP contribution in [0.1, 0.15) is 11.1 Å². The highest BCUT2D eigenvalue weighted by Crippen LogP contribution is 2.40. The summed E-state index contributed by atoms with van der Waals surface area (Å²) in [5.74, 6) is 0.157. The van der Waals surface area contributed by atoms with Crippen LogP contribution in [0.2, 0.25) is 5.02 Å². The number of thioether (sulfide) groups is 1. The van der Waals surface area contributed by atoms with Gasteiger partial charge in [-0.05, 0) is 42.3 Å². The third-order valence-electron chi connectivity index (χ3n) is 4.17. The topological polar surface area (TPSA) is 66.8 Å². The maximum atomic E-state index is 13.2. The number of aliphatic hydroxyl groups is 1. The normalized spacial score (nSPS) is 14.3. The zero-order valence-corrected chi connectivity index (χ0v) is 16.4. The monoisotopic (exact) mass is 403 g/mol. The number of aliphatic hydroxyl groups excluding tert-OH is 1. The summed E-state index contributed by atoms with van der Waals surface area (Å²) in [6.07, 6.45) is 0. The molecule has 7 heteroatoms. The van der Waals surface area contributed by atoms with Crippen LogP contribution < -0.4 is 9.64 Å². The number of amides is 2. The van der Waals surface area contributed by atoms with Crippen LogP contribution in [-0.4, -0.2) is 36.4 Å². The molecule has 0 radical (unpaired) electrons. The van der Waals surface area contributed by atoms with Gasteiger partial charge in [0.2, 0.25) is 0 Å². The van der Waals surface area contributed by atoms with Gasteiger partial charge in [-0.15, -0.1) is 11.8 Å². The molecule has 0 atom stereocenters.